The molecule has 3 rings (SSSR count). The zero-order chi connectivity index (χ0) is 19.9. The molecule has 1 aromatic heterocycles. The van der Waals surface area contributed by atoms with E-state index in [0.717, 1.165) is 19.0 Å². The summed E-state index contributed by atoms with van der Waals surface area (Å²) >= 11 is 0. The van der Waals surface area contributed by atoms with Gasteiger partial charge in [-0.2, -0.15) is 0 Å². The van der Waals surface area contributed by atoms with Crippen LogP contribution in [-0.4, -0.2) is 56.6 Å². The van der Waals surface area contributed by atoms with Gasteiger partial charge in [-0.1, -0.05) is 23.8 Å². The number of aryl methyl sites for hydroxylation is 2. The standard InChI is InChI=1S/C21H28N4O3/c1-15-6-7-17(16(2)13-15)19-14-25(10-12-28-19)21(22-3)24-9-8-23-20(26)18-5-4-11-27-18/h4-7,11,13,19H,8-10,12,14H2,1-3H3,(H,22,24)(H,23,26). The van der Waals surface area contributed by atoms with Crippen molar-refractivity contribution in [2.24, 2.45) is 4.99 Å². The van der Waals surface area contributed by atoms with Crippen molar-refractivity contribution in [2.45, 2.75) is 20.0 Å². The molecule has 1 aliphatic rings. The molecule has 1 fully saturated rings. The number of hydrogen-bond acceptors (Lipinski definition) is 4. The van der Waals surface area contributed by atoms with Gasteiger partial charge in [-0.3, -0.25) is 9.79 Å². The maximum atomic E-state index is 11.9. The topological polar surface area (TPSA) is 79.1 Å². The van der Waals surface area contributed by atoms with E-state index in [-0.39, 0.29) is 12.0 Å². The first-order valence-electron chi connectivity index (χ1n) is 9.54. The van der Waals surface area contributed by atoms with Gasteiger partial charge in [0.2, 0.25) is 0 Å². The van der Waals surface area contributed by atoms with Gasteiger partial charge in [-0.25, -0.2) is 0 Å². The van der Waals surface area contributed by atoms with Gasteiger partial charge in [0.25, 0.3) is 5.91 Å². The van der Waals surface area contributed by atoms with E-state index in [2.05, 4.69) is 52.6 Å². The van der Waals surface area contributed by atoms with Crippen LogP contribution in [-0.2, 0) is 4.74 Å². The molecule has 2 heterocycles. The number of carbonyl (C=O) groups is 1. The molecule has 0 bridgehead atoms. The molecule has 0 saturated carbocycles. The van der Waals surface area contributed by atoms with Gasteiger partial charge in [0.15, 0.2) is 11.7 Å². The van der Waals surface area contributed by atoms with Crippen molar-refractivity contribution in [3.05, 3.63) is 59.0 Å². The molecule has 7 nitrogen and oxygen atoms in total. The third-order valence-electron chi connectivity index (χ3n) is 4.79. The van der Waals surface area contributed by atoms with E-state index < -0.39 is 0 Å². The van der Waals surface area contributed by atoms with Gasteiger partial charge in [-0.15, -0.1) is 0 Å². The Bertz CT molecular complexity index is 817. The van der Waals surface area contributed by atoms with E-state index in [1.807, 2.05) is 0 Å². The quantitative estimate of drug-likeness (QED) is 0.470. The van der Waals surface area contributed by atoms with Gasteiger partial charge >= 0.3 is 0 Å². The van der Waals surface area contributed by atoms with Crippen molar-refractivity contribution in [2.75, 3.05) is 39.8 Å². The van der Waals surface area contributed by atoms with Gasteiger partial charge in [-0.05, 0) is 37.1 Å². The Morgan fingerprint density at radius 1 is 1.25 bits per heavy atom. The van der Waals surface area contributed by atoms with Crippen molar-refractivity contribution in [1.29, 1.82) is 0 Å². The summed E-state index contributed by atoms with van der Waals surface area (Å²) in [6.45, 7) is 7.44. The number of benzene rings is 1. The largest absolute Gasteiger partial charge is 0.459 e. The minimum Gasteiger partial charge on any atom is -0.459 e. The van der Waals surface area contributed by atoms with Crippen LogP contribution in [0.3, 0.4) is 0 Å². The normalized spacial score (nSPS) is 17.5. The van der Waals surface area contributed by atoms with E-state index >= 15 is 0 Å². The molecule has 1 saturated heterocycles. The van der Waals surface area contributed by atoms with Gasteiger partial charge in [0.1, 0.15) is 6.10 Å². The molecule has 1 atom stereocenters. The molecule has 28 heavy (non-hydrogen) atoms. The van der Waals surface area contributed by atoms with Crippen LogP contribution in [0.25, 0.3) is 0 Å². The SMILES string of the molecule is CN=C(NCCNC(=O)c1ccco1)N1CCOC(c2ccc(C)cc2C)C1. The zero-order valence-corrected chi connectivity index (χ0v) is 16.7. The van der Waals surface area contributed by atoms with Crippen LogP contribution >= 0.6 is 0 Å². The van der Waals surface area contributed by atoms with Crippen LogP contribution in [0.5, 0.6) is 0 Å². The van der Waals surface area contributed by atoms with Gasteiger partial charge < -0.3 is 24.7 Å². The highest BCUT2D eigenvalue weighted by Gasteiger charge is 2.25. The Morgan fingerprint density at radius 2 is 2.07 bits per heavy atom. The number of morpholine rings is 1. The Kier molecular flexibility index (Phi) is 6.71. The number of hydrogen-bond donors (Lipinski definition) is 2. The molecule has 150 valence electrons. The van der Waals surface area contributed by atoms with Crippen LogP contribution < -0.4 is 10.6 Å². The fraction of sp³-hybridized carbons (Fsp3) is 0.429. The highest BCUT2D eigenvalue weighted by Crippen LogP contribution is 2.25. The molecule has 1 amide bonds. The number of ether oxygens (including phenoxy) is 1. The summed E-state index contributed by atoms with van der Waals surface area (Å²) in [5.74, 6) is 0.905. The average molecular weight is 384 g/mol. The number of amides is 1. The fourth-order valence-corrected chi connectivity index (χ4v) is 3.39. The Morgan fingerprint density at radius 3 is 2.79 bits per heavy atom. The lowest BCUT2D eigenvalue weighted by atomic mass is 10.00. The number of rotatable bonds is 5. The van der Waals surface area contributed by atoms with Gasteiger partial charge in [0, 0.05) is 26.7 Å². The van der Waals surface area contributed by atoms with E-state index in [1.165, 1.54) is 23.0 Å². The number of guanidine groups is 1. The molecule has 2 aromatic rings. The van der Waals surface area contributed by atoms with Crippen molar-refractivity contribution in [3.63, 3.8) is 0 Å². The summed E-state index contributed by atoms with van der Waals surface area (Å²) in [4.78, 5) is 18.5. The number of nitrogens with zero attached hydrogens (tertiary/aromatic N) is 2. The lowest BCUT2D eigenvalue weighted by molar-refractivity contribution is -0.00829. The molecule has 1 aliphatic heterocycles. The van der Waals surface area contributed by atoms with Crippen LogP contribution in [0.4, 0.5) is 0 Å². The van der Waals surface area contributed by atoms with Crippen LogP contribution in [0.1, 0.15) is 33.3 Å². The number of carbonyl (C=O) groups excluding carboxylic acids is 1. The number of nitrogens with one attached hydrogen (secondary N) is 2. The lowest BCUT2D eigenvalue weighted by Gasteiger charge is -2.35. The van der Waals surface area contributed by atoms with E-state index in [0.29, 0.717) is 25.5 Å². The molecular formula is C21H28N4O3. The predicted octanol–water partition coefficient (Wildman–Crippen LogP) is 2.28. The third-order valence-corrected chi connectivity index (χ3v) is 4.79. The van der Waals surface area contributed by atoms with Crippen molar-refractivity contribution in [1.82, 2.24) is 15.5 Å². The average Bonchev–Trinajstić information content (AvgIpc) is 3.23. The Hall–Kier alpha value is -2.80. The summed E-state index contributed by atoms with van der Waals surface area (Å²) < 4.78 is 11.1. The van der Waals surface area contributed by atoms with E-state index in [9.17, 15) is 4.79 Å². The smallest absolute Gasteiger partial charge is 0.287 e. The van der Waals surface area contributed by atoms with E-state index in [1.54, 1.807) is 19.2 Å². The Balaban J connectivity index is 1.51. The zero-order valence-electron chi connectivity index (χ0n) is 16.7. The molecule has 0 radical (unpaired) electrons. The van der Waals surface area contributed by atoms with Crippen molar-refractivity contribution in [3.8, 4) is 0 Å². The molecular weight excluding hydrogens is 356 g/mol. The fourth-order valence-electron chi connectivity index (χ4n) is 3.39. The third kappa shape index (κ3) is 4.92. The van der Waals surface area contributed by atoms with Crippen LogP contribution in [0.15, 0.2) is 46.0 Å². The summed E-state index contributed by atoms with van der Waals surface area (Å²) in [6, 6.07) is 9.80. The summed E-state index contributed by atoms with van der Waals surface area (Å²) in [5.41, 5.74) is 3.72. The van der Waals surface area contributed by atoms with Crippen LogP contribution in [0, 0.1) is 13.8 Å². The first-order chi connectivity index (χ1) is 13.6. The summed E-state index contributed by atoms with van der Waals surface area (Å²) in [6.07, 6.45) is 1.51. The first kappa shape index (κ1) is 19.9. The molecule has 2 N–H and O–H groups in total. The van der Waals surface area contributed by atoms with Crippen LogP contribution in [0.2, 0.25) is 0 Å². The second-order valence-electron chi connectivity index (χ2n) is 6.87. The first-order valence-corrected chi connectivity index (χ1v) is 9.54. The molecule has 0 spiro atoms. The van der Waals surface area contributed by atoms with E-state index in [4.69, 9.17) is 9.15 Å². The summed E-state index contributed by atoms with van der Waals surface area (Å²) in [7, 11) is 1.77. The minimum absolute atomic E-state index is 0.0200. The monoisotopic (exact) mass is 384 g/mol. The maximum Gasteiger partial charge on any atom is 0.287 e. The van der Waals surface area contributed by atoms with Crippen molar-refractivity contribution < 1.29 is 13.9 Å². The highest BCUT2D eigenvalue weighted by molar-refractivity contribution is 5.91. The maximum absolute atomic E-state index is 11.9. The minimum atomic E-state index is -0.219. The predicted molar refractivity (Wildman–Crippen MR) is 109 cm³/mol. The second-order valence-corrected chi connectivity index (χ2v) is 6.87. The summed E-state index contributed by atoms with van der Waals surface area (Å²) in [5, 5.41) is 6.13. The number of aliphatic imine (C=N–C) groups is 1. The number of furan rings is 1. The molecule has 1 aromatic carbocycles. The lowest BCUT2D eigenvalue weighted by Crippen LogP contribution is -2.49. The highest BCUT2D eigenvalue weighted by atomic mass is 16.5. The Labute approximate surface area is 165 Å². The molecule has 0 aliphatic carbocycles. The van der Waals surface area contributed by atoms with Crippen molar-refractivity contribution >= 4 is 11.9 Å². The molecule has 1 unspecified atom stereocenters. The second kappa shape index (κ2) is 9.41. The molecule has 7 heteroatoms. The van der Waals surface area contributed by atoms with Gasteiger partial charge in [0.05, 0.1) is 19.4 Å².